The van der Waals surface area contributed by atoms with Crippen LogP contribution in [-0.4, -0.2) is 22.5 Å². The van der Waals surface area contributed by atoms with Crippen LogP contribution in [0.15, 0.2) is 45.3 Å². The van der Waals surface area contributed by atoms with Gasteiger partial charge in [-0.1, -0.05) is 32.4 Å². The average Bonchev–Trinajstić information content (AvgIpc) is 3.32. The molecule has 0 aliphatic rings. The highest BCUT2D eigenvalue weighted by molar-refractivity contribution is 7.09. The van der Waals surface area contributed by atoms with Crippen molar-refractivity contribution in [3.63, 3.8) is 0 Å². The molecule has 150 valence electrons. The Balaban J connectivity index is 2.18. The van der Waals surface area contributed by atoms with Gasteiger partial charge >= 0.3 is 0 Å². The van der Waals surface area contributed by atoms with Gasteiger partial charge in [-0.25, -0.2) is 4.98 Å². The van der Waals surface area contributed by atoms with Gasteiger partial charge < -0.3 is 9.30 Å². The van der Waals surface area contributed by atoms with E-state index in [0.29, 0.717) is 22.9 Å². The van der Waals surface area contributed by atoms with E-state index in [0.717, 1.165) is 10.5 Å². The molecule has 3 rings (SSSR count). The van der Waals surface area contributed by atoms with E-state index in [9.17, 15) is 5.26 Å². The van der Waals surface area contributed by atoms with Crippen LogP contribution < -0.4 is 9.54 Å². The quantitative estimate of drug-likeness (QED) is 0.327. The zero-order valence-electron chi connectivity index (χ0n) is 16.5. The molecule has 0 saturated carbocycles. The van der Waals surface area contributed by atoms with Gasteiger partial charge in [0.25, 0.3) is 0 Å². The first-order chi connectivity index (χ1) is 13.8. The zero-order valence-corrected chi connectivity index (χ0v) is 18.9. The van der Waals surface area contributed by atoms with Crippen LogP contribution in [0.3, 0.4) is 0 Å². The van der Waals surface area contributed by atoms with Crippen LogP contribution in [0.5, 0.6) is 5.75 Å². The summed E-state index contributed by atoms with van der Waals surface area (Å²) in [6, 6.07) is 5.15. The largest absolute Gasteiger partial charge is 0.496 e. The van der Waals surface area contributed by atoms with E-state index in [-0.39, 0.29) is 11.3 Å². The minimum atomic E-state index is -0.0391. The maximum Gasteiger partial charge on any atom is 0.207 e. The third-order valence-electron chi connectivity index (χ3n) is 4.03. The minimum Gasteiger partial charge on any atom is -0.496 e. The summed E-state index contributed by atoms with van der Waals surface area (Å²) in [6.07, 6.45) is 3.93. The molecule has 3 aromatic rings. The van der Waals surface area contributed by atoms with Crippen LogP contribution in [0.25, 0.3) is 0 Å². The molecule has 0 aliphatic heterocycles. The number of benzene rings is 1. The molecule has 29 heavy (non-hydrogen) atoms. The number of aliphatic imine (C=N–C) groups is 1. The summed E-state index contributed by atoms with van der Waals surface area (Å²) in [5.41, 5.74) is 3.28. The first kappa shape index (κ1) is 21.2. The van der Waals surface area contributed by atoms with Crippen molar-refractivity contribution in [3.8, 4) is 11.9 Å². The fraction of sp³-hybridized carbons (Fsp3) is 0.300. The Labute approximate surface area is 182 Å². The number of hydrogen-bond donors (Lipinski definition) is 0. The SMILES string of the molecule is COc1ccc(Cl)cc1C(=NC#N)/N=c1\sc(C(C)(C)C)cn1Cc1cscn1. The van der Waals surface area contributed by atoms with E-state index < -0.39 is 0 Å². The van der Waals surface area contributed by atoms with Crippen molar-refractivity contribution in [1.29, 1.82) is 5.26 Å². The Morgan fingerprint density at radius 2 is 2.17 bits per heavy atom. The van der Waals surface area contributed by atoms with Crippen molar-refractivity contribution in [3.05, 3.63) is 61.2 Å². The summed E-state index contributed by atoms with van der Waals surface area (Å²) in [7, 11) is 1.56. The number of aromatic nitrogens is 2. The highest BCUT2D eigenvalue weighted by Gasteiger charge is 2.19. The Morgan fingerprint density at radius 3 is 2.79 bits per heavy atom. The monoisotopic (exact) mass is 445 g/mol. The molecule has 0 spiro atoms. The number of thiazole rings is 2. The number of hydrogen-bond acceptors (Lipinski definition) is 6. The van der Waals surface area contributed by atoms with Gasteiger partial charge in [-0.15, -0.1) is 22.7 Å². The van der Waals surface area contributed by atoms with Crippen LogP contribution in [-0.2, 0) is 12.0 Å². The molecular formula is C20H20ClN5OS2. The van der Waals surface area contributed by atoms with E-state index in [1.807, 2.05) is 21.7 Å². The topological polar surface area (TPSA) is 75.6 Å². The van der Waals surface area contributed by atoms with E-state index >= 15 is 0 Å². The maximum absolute atomic E-state index is 9.24. The van der Waals surface area contributed by atoms with Gasteiger partial charge in [0.05, 0.1) is 30.4 Å². The number of rotatable bonds is 4. The summed E-state index contributed by atoms with van der Waals surface area (Å²) in [4.78, 5) is 14.9. The number of methoxy groups -OCH3 is 1. The van der Waals surface area contributed by atoms with Crippen molar-refractivity contribution in [1.82, 2.24) is 9.55 Å². The van der Waals surface area contributed by atoms with Crippen LogP contribution in [0, 0.1) is 11.5 Å². The fourth-order valence-electron chi connectivity index (χ4n) is 2.56. The molecule has 9 heteroatoms. The first-order valence-electron chi connectivity index (χ1n) is 8.75. The maximum atomic E-state index is 9.24. The molecule has 0 fully saturated rings. The van der Waals surface area contributed by atoms with Crippen LogP contribution in [0.4, 0.5) is 0 Å². The zero-order chi connectivity index (χ0) is 21.0. The normalized spacial score (nSPS) is 12.8. The summed E-state index contributed by atoms with van der Waals surface area (Å²) in [6.45, 7) is 7.04. The molecule has 0 saturated heterocycles. The molecule has 0 unspecified atom stereocenters. The number of halogens is 1. The number of nitriles is 1. The van der Waals surface area contributed by atoms with Crippen LogP contribution in [0.1, 0.15) is 36.9 Å². The highest BCUT2D eigenvalue weighted by atomic mass is 35.5. The van der Waals surface area contributed by atoms with E-state index in [2.05, 4.69) is 36.9 Å². The molecule has 0 atom stereocenters. The third kappa shape index (κ3) is 5.12. The molecule has 0 radical (unpaired) electrons. The van der Waals surface area contributed by atoms with Crippen molar-refractivity contribution < 1.29 is 4.74 Å². The summed E-state index contributed by atoms with van der Waals surface area (Å²) < 4.78 is 7.45. The predicted octanol–water partition coefficient (Wildman–Crippen LogP) is 4.84. The van der Waals surface area contributed by atoms with Gasteiger partial charge in [-0.05, 0) is 23.6 Å². The van der Waals surface area contributed by atoms with E-state index in [1.165, 1.54) is 4.88 Å². The molecule has 0 amide bonds. The molecule has 1 aromatic carbocycles. The molecule has 0 bridgehead atoms. The lowest BCUT2D eigenvalue weighted by Crippen LogP contribution is -2.17. The second kappa shape index (κ2) is 8.91. The Bertz CT molecular complexity index is 1130. The molecule has 2 aromatic heterocycles. The lowest BCUT2D eigenvalue weighted by molar-refractivity contribution is 0.414. The average molecular weight is 446 g/mol. The van der Waals surface area contributed by atoms with Gasteiger partial charge in [-0.2, -0.15) is 15.2 Å². The number of nitrogens with zero attached hydrogens (tertiary/aromatic N) is 5. The standard InChI is InChI=1S/C20H20ClN5OS2/c1-20(2,3)17-9-26(8-14-10-28-12-24-14)19(29-17)25-18(23-11-22)15-7-13(21)5-6-16(15)27-4/h5-7,9-10,12H,8H2,1-4H3/b23-18?,25-19-. The fourth-order valence-corrected chi connectivity index (χ4v) is 4.33. The van der Waals surface area contributed by atoms with Gasteiger partial charge in [0.15, 0.2) is 10.6 Å². The third-order valence-corrected chi connectivity index (χ3v) is 6.35. The summed E-state index contributed by atoms with van der Waals surface area (Å²) in [5, 5.41) is 11.8. The van der Waals surface area contributed by atoms with Gasteiger partial charge in [0, 0.05) is 21.5 Å². The van der Waals surface area contributed by atoms with Crippen molar-refractivity contribution in [2.45, 2.75) is 32.7 Å². The van der Waals surface area contributed by atoms with Crippen LogP contribution in [0.2, 0.25) is 5.02 Å². The van der Waals surface area contributed by atoms with Crippen molar-refractivity contribution in [2.24, 2.45) is 9.98 Å². The van der Waals surface area contributed by atoms with Crippen LogP contribution >= 0.6 is 34.3 Å². The van der Waals surface area contributed by atoms with Gasteiger partial charge in [0.1, 0.15) is 5.75 Å². The van der Waals surface area contributed by atoms with Gasteiger partial charge in [-0.3, -0.25) is 0 Å². The molecule has 6 nitrogen and oxygen atoms in total. The highest BCUT2D eigenvalue weighted by Crippen LogP contribution is 2.26. The van der Waals surface area contributed by atoms with E-state index in [4.69, 9.17) is 21.3 Å². The minimum absolute atomic E-state index is 0.0391. The Hall–Kier alpha value is -2.47. The second-order valence-electron chi connectivity index (χ2n) is 7.23. The Morgan fingerprint density at radius 1 is 1.38 bits per heavy atom. The smallest absolute Gasteiger partial charge is 0.207 e. The number of ether oxygens (including phenoxy) is 1. The molecule has 0 aliphatic carbocycles. The lowest BCUT2D eigenvalue weighted by atomic mass is 9.95. The van der Waals surface area contributed by atoms with Crippen molar-refractivity contribution in [2.75, 3.05) is 7.11 Å². The van der Waals surface area contributed by atoms with Gasteiger partial charge in [0.2, 0.25) is 6.19 Å². The molecule has 0 N–H and O–H groups in total. The second-order valence-corrected chi connectivity index (χ2v) is 9.39. The predicted molar refractivity (Wildman–Crippen MR) is 118 cm³/mol. The summed E-state index contributed by atoms with van der Waals surface area (Å²) in [5.74, 6) is 0.798. The number of amidine groups is 1. The van der Waals surface area contributed by atoms with E-state index in [1.54, 1.807) is 48.0 Å². The molecule has 2 heterocycles. The first-order valence-corrected chi connectivity index (χ1v) is 10.9. The van der Waals surface area contributed by atoms with Crippen molar-refractivity contribution >= 4 is 40.1 Å². The molecular weight excluding hydrogens is 426 g/mol. The summed E-state index contributed by atoms with van der Waals surface area (Å²) >= 11 is 9.28. The lowest BCUT2D eigenvalue weighted by Gasteiger charge is -2.14. The Kier molecular flexibility index (Phi) is 6.52.